The van der Waals surface area contributed by atoms with Gasteiger partial charge in [0.25, 0.3) is 0 Å². The Hall–Kier alpha value is -1.50. The van der Waals surface area contributed by atoms with Crippen LogP contribution in [0.15, 0.2) is 34.6 Å². The van der Waals surface area contributed by atoms with E-state index in [9.17, 15) is 9.59 Å². The average molecular weight is 589 g/mol. The van der Waals surface area contributed by atoms with Crippen molar-refractivity contribution in [3.05, 3.63) is 34.6 Å². The van der Waals surface area contributed by atoms with E-state index in [0.29, 0.717) is 48.4 Å². The monoisotopic (exact) mass is 588 g/mol. The van der Waals surface area contributed by atoms with Crippen LogP contribution in [-0.2, 0) is 23.5 Å². The van der Waals surface area contributed by atoms with Gasteiger partial charge in [0.05, 0.1) is 6.61 Å². The van der Waals surface area contributed by atoms with E-state index in [2.05, 4.69) is 81.4 Å². The van der Waals surface area contributed by atoms with Crippen molar-refractivity contribution in [2.75, 3.05) is 13.2 Å². The van der Waals surface area contributed by atoms with E-state index >= 15 is 0 Å². The fraction of sp³-hybridized carbons (Fsp3) is 0.771. The number of hydrogen-bond donors (Lipinski definition) is 0. The van der Waals surface area contributed by atoms with Crippen LogP contribution in [0.2, 0.25) is 16.6 Å². The SMILES string of the molecule is C/C(=C\CC/C(C)=C/C[C@]1(C)C(=O)C2=C(C(C)COC(C)(C)O2)[C@H]1CCO[Si](C(C)C)(C(C)C)C(C)C)CCC=O. The predicted octanol–water partition coefficient (Wildman–Crippen LogP) is 9.49. The maximum Gasteiger partial charge on any atom is 0.205 e. The molecule has 0 radical (unpaired) electrons. The number of carbonyl (C=O) groups excluding carboxylic acids is 2. The summed E-state index contributed by atoms with van der Waals surface area (Å²) < 4.78 is 19.4. The van der Waals surface area contributed by atoms with Crippen LogP contribution in [0.3, 0.4) is 0 Å². The zero-order valence-electron chi connectivity index (χ0n) is 28.3. The summed E-state index contributed by atoms with van der Waals surface area (Å²) in [7, 11) is -2.02. The van der Waals surface area contributed by atoms with Crippen LogP contribution in [0, 0.1) is 17.3 Å². The smallest absolute Gasteiger partial charge is 0.205 e. The van der Waals surface area contributed by atoms with Gasteiger partial charge in [-0.2, -0.15) is 0 Å². The number of rotatable bonds is 15. The second-order valence-corrected chi connectivity index (χ2v) is 19.8. The molecule has 5 nitrogen and oxygen atoms in total. The first-order valence-corrected chi connectivity index (χ1v) is 18.2. The van der Waals surface area contributed by atoms with Crippen LogP contribution in [0.25, 0.3) is 0 Å². The predicted molar refractivity (Wildman–Crippen MR) is 172 cm³/mol. The molecule has 0 saturated carbocycles. The maximum atomic E-state index is 14.2. The Kier molecular flexibility index (Phi) is 12.9. The van der Waals surface area contributed by atoms with Crippen LogP contribution < -0.4 is 0 Å². The minimum absolute atomic E-state index is 0.0465. The summed E-state index contributed by atoms with van der Waals surface area (Å²) in [5.74, 6) is -0.0362. The first kappa shape index (κ1) is 35.7. The Morgan fingerprint density at radius 2 is 1.54 bits per heavy atom. The second kappa shape index (κ2) is 14.8. The topological polar surface area (TPSA) is 61.8 Å². The number of ether oxygens (including phenoxy) is 2. The molecule has 0 fully saturated rings. The van der Waals surface area contributed by atoms with E-state index in [0.717, 1.165) is 37.5 Å². The zero-order chi connectivity index (χ0) is 31.2. The number of Topliss-reactive ketones (excluding diaryl/α,β-unsaturated/α-hetero) is 1. The van der Waals surface area contributed by atoms with Crippen LogP contribution in [-0.4, -0.2) is 39.4 Å². The Labute approximate surface area is 252 Å². The molecule has 2 rings (SSSR count). The van der Waals surface area contributed by atoms with Crippen LogP contribution in [0.5, 0.6) is 0 Å². The van der Waals surface area contributed by atoms with Gasteiger partial charge in [-0.05, 0) is 74.1 Å². The molecule has 0 aromatic heterocycles. The van der Waals surface area contributed by atoms with Gasteiger partial charge in [0.2, 0.25) is 11.6 Å². The van der Waals surface area contributed by atoms with Crippen molar-refractivity contribution in [2.24, 2.45) is 17.3 Å². The fourth-order valence-corrected chi connectivity index (χ4v) is 12.9. The van der Waals surface area contributed by atoms with Crippen molar-refractivity contribution in [1.82, 2.24) is 0 Å². The van der Waals surface area contributed by atoms with Gasteiger partial charge in [-0.25, -0.2) is 0 Å². The molecular weight excluding hydrogens is 528 g/mol. The molecule has 1 unspecified atom stereocenters. The molecule has 1 aliphatic heterocycles. The van der Waals surface area contributed by atoms with Crippen molar-refractivity contribution >= 4 is 20.4 Å². The van der Waals surface area contributed by atoms with Gasteiger partial charge in [-0.3, -0.25) is 4.79 Å². The molecular formula is C35H60O5Si. The summed E-state index contributed by atoms with van der Waals surface area (Å²) in [5.41, 5.74) is 4.65. The van der Waals surface area contributed by atoms with E-state index in [-0.39, 0.29) is 17.6 Å². The third-order valence-electron chi connectivity index (χ3n) is 9.72. The van der Waals surface area contributed by atoms with Gasteiger partial charge < -0.3 is 18.7 Å². The minimum atomic E-state index is -2.02. The van der Waals surface area contributed by atoms with Crippen molar-refractivity contribution in [2.45, 2.75) is 144 Å². The third-order valence-corrected chi connectivity index (χ3v) is 15.8. The Morgan fingerprint density at radius 3 is 2.10 bits per heavy atom. The maximum absolute atomic E-state index is 14.2. The summed E-state index contributed by atoms with van der Waals surface area (Å²) in [6, 6.07) is 0. The highest BCUT2D eigenvalue weighted by Crippen LogP contribution is 2.53. The van der Waals surface area contributed by atoms with Crippen LogP contribution in [0.4, 0.5) is 0 Å². The number of hydrogen-bond acceptors (Lipinski definition) is 5. The Morgan fingerprint density at radius 1 is 0.976 bits per heavy atom. The van der Waals surface area contributed by atoms with Crippen molar-refractivity contribution in [1.29, 1.82) is 0 Å². The van der Waals surface area contributed by atoms with Crippen molar-refractivity contribution < 1.29 is 23.5 Å². The van der Waals surface area contributed by atoms with Crippen molar-refractivity contribution in [3.8, 4) is 0 Å². The van der Waals surface area contributed by atoms with E-state index in [1.807, 2.05) is 13.8 Å². The van der Waals surface area contributed by atoms with Gasteiger partial charge in [-0.15, -0.1) is 0 Å². The molecule has 3 atom stereocenters. The number of carbonyl (C=O) groups is 2. The minimum Gasteiger partial charge on any atom is -0.459 e. The first-order chi connectivity index (χ1) is 19.0. The van der Waals surface area contributed by atoms with Crippen LogP contribution >= 0.6 is 0 Å². The molecule has 6 heteroatoms. The van der Waals surface area contributed by atoms with Crippen molar-refractivity contribution in [3.63, 3.8) is 0 Å². The Balaban J connectivity index is 2.35. The summed E-state index contributed by atoms with van der Waals surface area (Å²) in [6.45, 7) is 27.5. The van der Waals surface area contributed by atoms with E-state index in [1.54, 1.807) is 0 Å². The molecule has 2 aliphatic rings. The zero-order valence-corrected chi connectivity index (χ0v) is 29.3. The van der Waals surface area contributed by atoms with Gasteiger partial charge >= 0.3 is 0 Å². The fourth-order valence-electron chi connectivity index (χ4n) is 7.40. The molecule has 0 saturated heterocycles. The summed E-state index contributed by atoms with van der Waals surface area (Å²) in [6.07, 6.45) is 10.3. The lowest BCUT2D eigenvalue weighted by Gasteiger charge is -2.43. The third kappa shape index (κ3) is 8.32. The highest BCUT2D eigenvalue weighted by Gasteiger charge is 2.55. The number of allylic oxidation sites excluding steroid dienone is 5. The van der Waals surface area contributed by atoms with Gasteiger partial charge in [0.1, 0.15) is 6.29 Å². The van der Waals surface area contributed by atoms with Gasteiger partial charge in [0.15, 0.2) is 14.1 Å². The van der Waals surface area contributed by atoms with Gasteiger partial charge in [-0.1, -0.05) is 78.7 Å². The second-order valence-electron chi connectivity index (χ2n) is 14.3. The summed E-state index contributed by atoms with van der Waals surface area (Å²) >= 11 is 0. The lowest BCUT2D eigenvalue weighted by molar-refractivity contribution is -0.191. The quantitative estimate of drug-likeness (QED) is 0.108. The molecule has 0 bridgehead atoms. The number of ketones is 1. The lowest BCUT2D eigenvalue weighted by atomic mass is 9.70. The summed E-state index contributed by atoms with van der Waals surface area (Å²) in [5, 5.41) is 0. The summed E-state index contributed by atoms with van der Waals surface area (Å²) in [4.78, 5) is 24.9. The number of aldehydes is 1. The Bertz CT molecular complexity index is 980. The molecule has 0 aromatic carbocycles. The lowest BCUT2D eigenvalue weighted by Crippen LogP contribution is -2.48. The molecule has 1 heterocycles. The van der Waals surface area contributed by atoms with Crippen LogP contribution in [0.1, 0.15) is 122 Å². The van der Waals surface area contributed by atoms with E-state index < -0.39 is 19.5 Å². The highest BCUT2D eigenvalue weighted by atomic mass is 28.4. The molecule has 41 heavy (non-hydrogen) atoms. The molecule has 1 aliphatic carbocycles. The normalized spacial score (nSPS) is 25.7. The highest BCUT2D eigenvalue weighted by molar-refractivity contribution is 6.77. The van der Waals surface area contributed by atoms with E-state index in [4.69, 9.17) is 13.9 Å². The first-order valence-electron chi connectivity index (χ1n) is 16.0. The van der Waals surface area contributed by atoms with E-state index in [1.165, 1.54) is 11.1 Å². The molecule has 0 spiro atoms. The standard InChI is InChI=1S/C35H60O5Si/c1-24(2)41(25(3)4,26(5)6)39-22-19-30-31-29(9)23-38-34(10,11)40-32(31)33(37)35(30,12)20-18-28(8)16-13-15-27(7)17-14-21-36/h15,18,21,24-26,29-30H,13-14,16-17,19-20,22-23H2,1-12H3/b27-15+,28-18+/t29?,30-,35+/m1/s1. The largest absolute Gasteiger partial charge is 0.459 e. The average Bonchev–Trinajstić information content (AvgIpc) is 2.99. The molecule has 0 amide bonds. The molecule has 0 aromatic rings. The molecule has 0 N–H and O–H groups in total. The molecule has 234 valence electrons. The van der Waals surface area contributed by atoms with Gasteiger partial charge in [0, 0.05) is 38.2 Å².